The topological polar surface area (TPSA) is 121 Å². The Morgan fingerprint density at radius 1 is 1.53 bits per heavy atom. The molecule has 4 atom stereocenters. The van der Waals surface area contributed by atoms with Crippen LogP contribution in [0.25, 0.3) is 0 Å². The second kappa shape index (κ2) is 4.63. The zero-order valence-electron chi connectivity index (χ0n) is 8.55. The number of rotatable bonds is 2. The predicted molar refractivity (Wildman–Crippen MR) is 56.7 cm³/mol. The van der Waals surface area contributed by atoms with Gasteiger partial charge in [0.05, 0.1) is 6.61 Å². The number of hydrogen-bond acceptors (Lipinski definition) is 7. The fraction of sp³-hybridized carbons (Fsp3) is 0.625. The minimum Gasteiger partial charge on any atom is -0.394 e. The maximum atomic E-state index is 10.9. The van der Waals surface area contributed by atoms with Gasteiger partial charge in [-0.1, -0.05) is 0 Å². The van der Waals surface area contributed by atoms with Gasteiger partial charge in [-0.25, -0.2) is 4.68 Å². The number of ether oxygens (including phenoxy) is 1. The molecular weight excluding hydrogens is 250 g/mol. The van der Waals surface area contributed by atoms with Gasteiger partial charge in [-0.05, 0) is 12.2 Å². The van der Waals surface area contributed by atoms with Crippen LogP contribution < -0.4 is 5.56 Å². The highest BCUT2D eigenvalue weighted by atomic mass is 32.1. The van der Waals surface area contributed by atoms with Crippen LogP contribution in [0, 0.1) is 4.77 Å². The third kappa shape index (κ3) is 2.15. The Bertz CT molecular complexity index is 514. The van der Waals surface area contributed by atoms with Gasteiger partial charge in [-0.2, -0.15) is 5.10 Å². The number of aliphatic hydroxyl groups excluding tert-OH is 3. The maximum Gasteiger partial charge on any atom is 0.270 e. The number of nitrogens with one attached hydrogen (secondary N) is 1. The van der Waals surface area contributed by atoms with Crippen molar-refractivity contribution in [3.63, 3.8) is 0 Å². The molecule has 0 spiro atoms. The molecule has 2 heterocycles. The van der Waals surface area contributed by atoms with E-state index in [9.17, 15) is 15.0 Å². The lowest BCUT2D eigenvalue weighted by molar-refractivity contribution is -0.0607. The van der Waals surface area contributed by atoms with Crippen molar-refractivity contribution in [3.8, 4) is 0 Å². The van der Waals surface area contributed by atoms with Crippen LogP contribution in [-0.2, 0) is 4.74 Å². The SMILES string of the molecule is O=c1cnn(C2OC(CO)C(O)[C@@H]2O)c(=S)[nH]1. The van der Waals surface area contributed by atoms with Gasteiger partial charge in [-0.15, -0.1) is 0 Å². The van der Waals surface area contributed by atoms with Crippen molar-refractivity contribution in [3.05, 3.63) is 21.3 Å². The smallest absolute Gasteiger partial charge is 0.270 e. The number of aromatic amines is 1. The van der Waals surface area contributed by atoms with Gasteiger partial charge in [0, 0.05) is 0 Å². The van der Waals surface area contributed by atoms with Crippen LogP contribution in [0.1, 0.15) is 6.23 Å². The molecule has 94 valence electrons. The quantitative estimate of drug-likeness (QED) is 0.450. The first-order valence-electron chi connectivity index (χ1n) is 4.85. The van der Waals surface area contributed by atoms with Gasteiger partial charge in [0.1, 0.15) is 24.5 Å². The summed E-state index contributed by atoms with van der Waals surface area (Å²) in [7, 11) is 0. The Kier molecular flexibility index (Phi) is 3.35. The lowest BCUT2D eigenvalue weighted by atomic mass is 10.1. The lowest BCUT2D eigenvalue weighted by Gasteiger charge is -2.16. The fourth-order valence-corrected chi connectivity index (χ4v) is 1.88. The van der Waals surface area contributed by atoms with E-state index in [1.807, 2.05) is 0 Å². The van der Waals surface area contributed by atoms with Crippen molar-refractivity contribution in [2.24, 2.45) is 0 Å². The molecule has 0 radical (unpaired) electrons. The highest BCUT2D eigenvalue weighted by Crippen LogP contribution is 2.28. The number of hydrogen-bond donors (Lipinski definition) is 4. The van der Waals surface area contributed by atoms with E-state index in [2.05, 4.69) is 10.1 Å². The summed E-state index contributed by atoms with van der Waals surface area (Å²) >= 11 is 4.85. The number of aliphatic hydroxyl groups is 3. The monoisotopic (exact) mass is 261 g/mol. The Labute approximate surface area is 100 Å². The molecule has 1 aromatic rings. The Morgan fingerprint density at radius 3 is 2.76 bits per heavy atom. The van der Waals surface area contributed by atoms with E-state index in [4.69, 9.17) is 22.1 Å². The molecule has 1 aliphatic heterocycles. The van der Waals surface area contributed by atoms with E-state index in [1.54, 1.807) is 0 Å². The zero-order chi connectivity index (χ0) is 12.6. The normalized spacial score (nSPS) is 32.9. The molecule has 0 saturated carbocycles. The molecule has 0 bridgehead atoms. The first-order valence-corrected chi connectivity index (χ1v) is 5.26. The summed E-state index contributed by atoms with van der Waals surface area (Å²) < 4.78 is 6.24. The average Bonchev–Trinajstić information content (AvgIpc) is 2.57. The molecule has 9 heteroatoms. The van der Waals surface area contributed by atoms with Gasteiger partial charge in [0.2, 0.25) is 0 Å². The van der Waals surface area contributed by atoms with Gasteiger partial charge < -0.3 is 20.1 Å². The molecule has 1 fully saturated rings. The summed E-state index contributed by atoms with van der Waals surface area (Å²) in [5, 5.41) is 31.9. The highest BCUT2D eigenvalue weighted by Gasteiger charge is 2.43. The van der Waals surface area contributed by atoms with Gasteiger partial charge in [0.25, 0.3) is 5.56 Å². The second-order valence-electron chi connectivity index (χ2n) is 3.61. The fourth-order valence-electron chi connectivity index (χ4n) is 1.63. The van der Waals surface area contributed by atoms with E-state index in [1.165, 1.54) is 0 Å². The number of aromatic nitrogens is 3. The van der Waals surface area contributed by atoms with Crippen molar-refractivity contribution in [2.45, 2.75) is 24.5 Å². The standard InChI is InChI=1S/C8H11N3O5S/c12-2-3-5(14)6(15)7(16-3)11-8(17)10-4(13)1-9-11/h1,3,5-7,12,14-15H,2H2,(H,10,13,17)/t3?,5?,6-,7?/m0/s1. The van der Waals surface area contributed by atoms with E-state index in [-0.39, 0.29) is 4.77 Å². The molecule has 1 aromatic heterocycles. The molecule has 1 saturated heterocycles. The van der Waals surface area contributed by atoms with Crippen LogP contribution >= 0.6 is 12.2 Å². The van der Waals surface area contributed by atoms with Crippen LogP contribution in [0.5, 0.6) is 0 Å². The third-order valence-electron chi connectivity index (χ3n) is 2.50. The summed E-state index contributed by atoms with van der Waals surface area (Å²) in [5.41, 5.74) is -0.474. The van der Waals surface area contributed by atoms with Crippen LogP contribution in [0.4, 0.5) is 0 Å². The lowest BCUT2D eigenvalue weighted by Crippen LogP contribution is -2.33. The van der Waals surface area contributed by atoms with Crippen LogP contribution in [0.15, 0.2) is 11.0 Å². The highest BCUT2D eigenvalue weighted by molar-refractivity contribution is 7.71. The molecule has 1 aliphatic rings. The molecular formula is C8H11N3O5S. The van der Waals surface area contributed by atoms with Gasteiger partial charge >= 0.3 is 0 Å². The average molecular weight is 261 g/mol. The first kappa shape index (κ1) is 12.3. The predicted octanol–water partition coefficient (Wildman–Crippen LogP) is -2.09. The van der Waals surface area contributed by atoms with Crippen LogP contribution in [0.3, 0.4) is 0 Å². The molecule has 17 heavy (non-hydrogen) atoms. The number of nitrogens with zero attached hydrogens (tertiary/aromatic N) is 2. The van der Waals surface area contributed by atoms with Gasteiger partial charge in [0.15, 0.2) is 11.0 Å². The maximum absolute atomic E-state index is 10.9. The summed E-state index contributed by atoms with van der Waals surface area (Å²) in [6.45, 7) is -0.439. The van der Waals surface area contributed by atoms with Crippen molar-refractivity contribution in [1.82, 2.24) is 14.8 Å². The largest absolute Gasteiger partial charge is 0.394 e. The second-order valence-corrected chi connectivity index (χ2v) is 4.00. The van der Waals surface area contributed by atoms with Crippen molar-refractivity contribution >= 4 is 12.2 Å². The Morgan fingerprint density at radius 2 is 2.24 bits per heavy atom. The molecule has 8 nitrogen and oxygen atoms in total. The molecule has 3 unspecified atom stereocenters. The summed E-state index contributed by atoms with van der Waals surface area (Å²) in [6.07, 6.45) is -3.49. The van der Waals surface area contributed by atoms with Crippen LogP contribution in [-0.4, -0.2) is 55.0 Å². The Balaban J connectivity index is 2.35. The van der Waals surface area contributed by atoms with Crippen molar-refractivity contribution in [2.75, 3.05) is 6.61 Å². The number of H-pyrrole nitrogens is 1. The minimum atomic E-state index is -1.28. The molecule has 0 aromatic carbocycles. The van der Waals surface area contributed by atoms with E-state index < -0.39 is 36.7 Å². The van der Waals surface area contributed by atoms with Crippen LogP contribution in [0.2, 0.25) is 0 Å². The summed E-state index contributed by atoms with van der Waals surface area (Å²) in [5.74, 6) is 0. The molecule has 4 N–H and O–H groups in total. The van der Waals surface area contributed by atoms with E-state index in [0.29, 0.717) is 0 Å². The molecule has 2 rings (SSSR count). The summed E-state index contributed by atoms with van der Waals surface area (Å²) in [6, 6.07) is 0. The zero-order valence-corrected chi connectivity index (χ0v) is 9.37. The first-order chi connectivity index (χ1) is 8.04. The Hall–Kier alpha value is -1.13. The van der Waals surface area contributed by atoms with E-state index >= 15 is 0 Å². The molecule has 0 amide bonds. The van der Waals surface area contributed by atoms with E-state index in [0.717, 1.165) is 10.9 Å². The minimum absolute atomic E-state index is 0.0349. The third-order valence-corrected chi connectivity index (χ3v) is 2.78. The van der Waals surface area contributed by atoms with Crippen molar-refractivity contribution < 1.29 is 20.1 Å². The molecule has 0 aliphatic carbocycles. The van der Waals surface area contributed by atoms with Crippen molar-refractivity contribution in [1.29, 1.82) is 0 Å². The summed E-state index contributed by atoms with van der Waals surface area (Å²) in [4.78, 5) is 13.2. The van der Waals surface area contributed by atoms with Gasteiger partial charge in [-0.3, -0.25) is 9.78 Å².